The first kappa shape index (κ1) is 36.5. The molecule has 0 spiro atoms. The molecule has 3 aromatic rings. The fraction of sp³-hybridized carbons (Fsp3) is 0.514. The maximum Gasteiger partial charge on any atom is 0.586 e. The van der Waals surface area contributed by atoms with E-state index in [1.165, 1.54) is 18.2 Å². The summed E-state index contributed by atoms with van der Waals surface area (Å²) in [5.41, 5.74) is 0.941. The summed E-state index contributed by atoms with van der Waals surface area (Å²) in [5.74, 6) is -1.18. The van der Waals surface area contributed by atoms with E-state index >= 15 is 4.39 Å². The van der Waals surface area contributed by atoms with Gasteiger partial charge in [-0.15, -0.1) is 15.4 Å². The number of nitrogens with zero attached hydrogens (tertiary/aromatic N) is 1. The second-order valence-electron chi connectivity index (χ2n) is 11.4. The molecule has 45 heavy (non-hydrogen) atoms. The van der Waals surface area contributed by atoms with E-state index in [1.807, 2.05) is 38.3 Å². The number of carbonyl (C=O) groups is 1. The van der Waals surface area contributed by atoms with Crippen LogP contribution in [0.15, 0.2) is 49.1 Å². The van der Waals surface area contributed by atoms with Crippen LogP contribution in [0.1, 0.15) is 84.9 Å². The minimum Gasteiger partial charge on any atom is -0.395 e. The number of amides is 1. The number of halogens is 4. The predicted octanol–water partition coefficient (Wildman–Crippen LogP) is 9.87. The maximum atomic E-state index is 15.4. The molecule has 1 fully saturated rings. The molecule has 6 nitrogen and oxygen atoms in total. The van der Waals surface area contributed by atoms with Gasteiger partial charge in [0.05, 0.1) is 23.2 Å². The monoisotopic (exact) mass is 694 g/mol. The van der Waals surface area contributed by atoms with Crippen LogP contribution < -0.4 is 14.8 Å². The number of ether oxygens (including phenoxy) is 3. The molecule has 248 valence electrons. The summed E-state index contributed by atoms with van der Waals surface area (Å²) in [5, 5.41) is 4.52. The Morgan fingerprint density at radius 3 is 2.40 bits per heavy atom. The Kier molecular flexibility index (Phi) is 12.6. The molecule has 1 amide bonds. The highest BCUT2D eigenvalue weighted by Crippen LogP contribution is 2.52. The van der Waals surface area contributed by atoms with Crippen LogP contribution in [-0.4, -0.2) is 35.3 Å². The van der Waals surface area contributed by atoms with Crippen molar-refractivity contribution >= 4 is 38.4 Å². The van der Waals surface area contributed by atoms with Gasteiger partial charge in [0.2, 0.25) is 5.91 Å². The number of benzene rings is 2. The molecule has 1 aliphatic heterocycles. The summed E-state index contributed by atoms with van der Waals surface area (Å²) in [4.78, 5) is 13.4. The zero-order valence-electron chi connectivity index (χ0n) is 27.2. The molecular weight excluding hydrogens is 649 g/mol. The van der Waals surface area contributed by atoms with E-state index in [4.69, 9.17) is 4.74 Å². The van der Waals surface area contributed by atoms with E-state index in [9.17, 15) is 13.6 Å². The molecule has 1 saturated carbocycles. The van der Waals surface area contributed by atoms with Crippen LogP contribution in [0.25, 0.3) is 10.9 Å². The van der Waals surface area contributed by atoms with E-state index in [-0.39, 0.29) is 22.6 Å². The van der Waals surface area contributed by atoms with Crippen molar-refractivity contribution in [1.82, 2.24) is 4.57 Å². The summed E-state index contributed by atoms with van der Waals surface area (Å²) < 4.78 is 59.5. The third-order valence-corrected chi connectivity index (χ3v) is 8.33. The summed E-state index contributed by atoms with van der Waals surface area (Å²) in [6.07, 6.45) is 2.24. The lowest BCUT2D eigenvalue weighted by Gasteiger charge is -2.26. The van der Waals surface area contributed by atoms with Crippen LogP contribution in [0.2, 0.25) is 0 Å². The third-order valence-electron chi connectivity index (χ3n) is 7.77. The van der Waals surface area contributed by atoms with Crippen molar-refractivity contribution < 1.29 is 32.2 Å². The Morgan fingerprint density at radius 1 is 1.07 bits per heavy atom. The van der Waals surface area contributed by atoms with E-state index in [1.54, 1.807) is 18.2 Å². The van der Waals surface area contributed by atoms with Gasteiger partial charge >= 0.3 is 6.29 Å². The molecular formula is C35H46BrF3N2O4. The van der Waals surface area contributed by atoms with Crippen LogP contribution in [0.5, 0.6) is 11.5 Å². The van der Waals surface area contributed by atoms with E-state index in [2.05, 4.69) is 51.1 Å². The number of hydrogen-bond donors (Lipinski definition) is 1. The molecule has 5 rings (SSSR count). The van der Waals surface area contributed by atoms with Gasteiger partial charge in [-0.25, -0.2) is 4.39 Å². The molecule has 1 N–H and O–H groups in total. The van der Waals surface area contributed by atoms with E-state index in [0.29, 0.717) is 43.7 Å². The van der Waals surface area contributed by atoms with Crippen molar-refractivity contribution in [1.29, 1.82) is 0 Å². The number of allylic oxidation sites excluding steroid dienone is 1. The Bertz CT molecular complexity index is 1470. The zero-order chi connectivity index (χ0) is 33.4. The minimum absolute atomic E-state index is 0.0594. The SMILES string of the molecule is C=CCn1c(C(C)(C)COCCCCCBr)cc2cc(NC(=O)C3(c4ccc5c(c4)OC(F)(F)O5)CC3)c(F)cc21.CC.CC. The number of alkyl halides is 3. The zero-order valence-corrected chi connectivity index (χ0v) is 28.8. The minimum atomic E-state index is -3.74. The molecule has 0 unspecified atom stereocenters. The smallest absolute Gasteiger partial charge is 0.395 e. The topological polar surface area (TPSA) is 61.7 Å². The van der Waals surface area contributed by atoms with E-state index < -0.39 is 23.4 Å². The molecule has 0 radical (unpaired) electrons. The fourth-order valence-corrected chi connectivity index (χ4v) is 5.80. The summed E-state index contributed by atoms with van der Waals surface area (Å²) in [6, 6.07) is 9.41. The van der Waals surface area contributed by atoms with Gasteiger partial charge in [-0.05, 0) is 55.5 Å². The first-order chi connectivity index (χ1) is 21.5. The van der Waals surface area contributed by atoms with Crippen molar-refractivity contribution in [3.63, 3.8) is 0 Å². The first-order valence-electron chi connectivity index (χ1n) is 15.8. The van der Waals surface area contributed by atoms with Crippen molar-refractivity contribution in [2.75, 3.05) is 23.9 Å². The molecule has 0 atom stereocenters. The molecule has 1 aliphatic carbocycles. The molecule has 2 heterocycles. The number of hydrogen-bond acceptors (Lipinski definition) is 4. The standard InChI is InChI=1S/C31H34BrF3N2O4.2C2H6/c1-4-13-37-24-18-22(33)23(15-20(24)16-27(37)29(2,3)19-39-14-7-5-6-12-32)36-28(38)30(10-11-30)21-8-9-25-26(17-21)41-31(34,35)40-25;2*1-2/h4,8-9,15-18H,1,5-7,10-14,19H2,2-3H3,(H,36,38);2*1-2H3. The van der Waals surface area contributed by atoms with Gasteiger partial charge in [0.15, 0.2) is 11.5 Å². The lowest BCUT2D eigenvalue weighted by molar-refractivity contribution is -0.286. The lowest BCUT2D eigenvalue weighted by atomic mass is 9.90. The number of carbonyl (C=O) groups excluding carboxylic acids is 1. The third kappa shape index (κ3) is 8.25. The first-order valence-corrected chi connectivity index (χ1v) is 16.9. The number of aromatic nitrogens is 1. The second-order valence-corrected chi connectivity index (χ2v) is 12.2. The number of rotatable bonds is 13. The molecule has 2 aliphatic rings. The van der Waals surface area contributed by atoms with Gasteiger partial charge in [-0.1, -0.05) is 76.0 Å². The van der Waals surface area contributed by atoms with Gasteiger partial charge in [0.1, 0.15) is 5.82 Å². The number of fused-ring (bicyclic) bond motifs is 2. The lowest BCUT2D eigenvalue weighted by Crippen LogP contribution is -2.28. The van der Waals surface area contributed by atoms with Crippen molar-refractivity contribution in [3.05, 3.63) is 66.1 Å². The van der Waals surface area contributed by atoms with Crippen molar-refractivity contribution in [2.45, 2.75) is 97.3 Å². The number of unbranched alkanes of at least 4 members (excludes halogenated alkanes) is 2. The molecule has 0 bridgehead atoms. The van der Waals surface area contributed by atoms with Gasteiger partial charge in [0.25, 0.3) is 0 Å². The number of anilines is 1. The summed E-state index contributed by atoms with van der Waals surface area (Å²) in [7, 11) is 0. The van der Waals surface area contributed by atoms with Gasteiger partial charge in [-0.3, -0.25) is 4.79 Å². The van der Waals surface area contributed by atoms with Gasteiger partial charge < -0.3 is 24.1 Å². The highest BCUT2D eigenvalue weighted by molar-refractivity contribution is 9.09. The highest BCUT2D eigenvalue weighted by Gasteiger charge is 2.53. The van der Waals surface area contributed by atoms with E-state index in [0.717, 1.165) is 35.7 Å². The van der Waals surface area contributed by atoms with Gasteiger partial charge in [0, 0.05) is 41.0 Å². The Hall–Kier alpha value is -2.98. The van der Waals surface area contributed by atoms with Gasteiger partial charge in [-0.2, -0.15) is 0 Å². The Morgan fingerprint density at radius 2 is 1.76 bits per heavy atom. The Labute approximate surface area is 273 Å². The number of nitrogens with one attached hydrogen (secondary N) is 1. The quantitative estimate of drug-likeness (QED) is 0.110. The van der Waals surface area contributed by atoms with Crippen molar-refractivity contribution in [3.8, 4) is 11.5 Å². The summed E-state index contributed by atoms with van der Waals surface area (Å²) in [6.45, 7) is 17.7. The second kappa shape index (κ2) is 15.5. The van der Waals surface area contributed by atoms with Crippen LogP contribution >= 0.6 is 15.9 Å². The fourth-order valence-electron chi connectivity index (χ4n) is 5.40. The average molecular weight is 696 g/mol. The normalized spacial score (nSPS) is 15.4. The van der Waals surface area contributed by atoms with Crippen molar-refractivity contribution in [2.24, 2.45) is 0 Å². The Balaban J connectivity index is 0.00000133. The maximum absolute atomic E-state index is 15.4. The average Bonchev–Trinajstić information content (AvgIpc) is 3.67. The van der Waals surface area contributed by atoms with Crippen LogP contribution in [0.3, 0.4) is 0 Å². The highest BCUT2D eigenvalue weighted by atomic mass is 79.9. The molecule has 10 heteroatoms. The van der Waals surface area contributed by atoms with Crippen LogP contribution in [0.4, 0.5) is 18.9 Å². The molecule has 2 aromatic carbocycles. The molecule has 1 aromatic heterocycles. The summed E-state index contributed by atoms with van der Waals surface area (Å²) >= 11 is 3.45. The van der Waals surface area contributed by atoms with Crippen LogP contribution in [0, 0.1) is 5.82 Å². The largest absolute Gasteiger partial charge is 0.586 e. The molecule has 0 saturated heterocycles. The predicted molar refractivity (Wildman–Crippen MR) is 178 cm³/mol. The van der Waals surface area contributed by atoms with Crippen LogP contribution in [-0.2, 0) is 26.9 Å².